The summed E-state index contributed by atoms with van der Waals surface area (Å²) in [5, 5.41) is 18.4. The van der Waals surface area contributed by atoms with E-state index in [2.05, 4.69) is 84.8 Å². The van der Waals surface area contributed by atoms with E-state index in [1.165, 1.54) is 46.6 Å². The summed E-state index contributed by atoms with van der Waals surface area (Å²) in [6, 6.07) is 23.4. The third-order valence-corrected chi connectivity index (χ3v) is 10.4. The standard InChI is InChI=1S/C38H42N6O4/c1-24(2)40-22-28-10-7-11-30-34(28)38(16-18-39-19-17-38)32(21-26-8-5-4-6-9-26)43(30)36-33-25(3)20-31(35(33)41-23-42-36)48-37(45)27-12-14-29(15-13-27)44(46)47/h4-15,23-25,31-32,39-40H,16-22H2,1-3H3/t25-,31-,32-/m1/s1. The summed E-state index contributed by atoms with van der Waals surface area (Å²) in [4.78, 5) is 36.1. The zero-order valence-electron chi connectivity index (χ0n) is 27.7. The maximum atomic E-state index is 13.2. The molecule has 1 spiro atoms. The molecule has 10 nitrogen and oxygen atoms in total. The summed E-state index contributed by atoms with van der Waals surface area (Å²) in [5.41, 5.74) is 7.07. The Bertz CT molecular complexity index is 1810. The van der Waals surface area contributed by atoms with E-state index in [1.807, 2.05) is 0 Å². The monoisotopic (exact) mass is 646 g/mol. The van der Waals surface area contributed by atoms with Gasteiger partial charge in [-0.1, -0.05) is 63.2 Å². The SMILES string of the molecule is CC(C)NCc1cccc2c1C1(CCNCC1)[C@@H](Cc1ccccc1)N2c1ncnc2c1[C@H](C)C[C@H]2OC(=O)c1ccc([N+](=O)[O-])cc1. The Kier molecular flexibility index (Phi) is 8.70. The fourth-order valence-corrected chi connectivity index (χ4v) is 8.14. The average Bonchev–Trinajstić information content (AvgIpc) is 3.55. The van der Waals surface area contributed by atoms with Crippen LogP contribution in [0.1, 0.15) is 90.4 Å². The van der Waals surface area contributed by atoms with E-state index in [-0.39, 0.29) is 28.6 Å². The van der Waals surface area contributed by atoms with Crippen molar-refractivity contribution in [3.8, 4) is 0 Å². The van der Waals surface area contributed by atoms with Crippen LogP contribution in [0.5, 0.6) is 0 Å². The lowest BCUT2D eigenvalue weighted by atomic mass is 9.67. The summed E-state index contributed by atoms with van der Waals surface area (Å²) in [7, 11) is 0. The van der Waals surface area contributed by atoms with Gasteiger partial charge in [-0.15, -0.1) is 0 Å². The lowest BCUT2D eigenvalue weighted by Crippen LogP contribution is -2.51. The molecule has 3 atom stereocenters. The molecule has 0 radical (unpaired) electrons. The van der Waals surface area contributed by atoms with Gasteiger partial charge >= 0.3 is 5.97 Å². The zero-order chi connectivity index (χ0) is 33.4. The summed E-state index contributed by atoms with van der Waals surface area (Å²) in [5.74, 6) is 0.398. The molecule has 0 saturated carbocycles. The van der Waals surface area contributed by atoms with Gasteiger partial charge in [0.1, 0.15) is 18.2 Å². The van der Waals surface area contributed by atoms with Crippen molar-refractivity contribution < 1.29 is 14.5 Å². The Morgan fingerprint density at radius 3 is 2.52 bits per heavy atom. The molecule has 48 heavy (non-hydrogen) atoms. The van der Waals surface area contributed by atoms with Gasteiger partial charge in [0, 0.05) is 47.4 Å². The lowest BCUT2D eigenvalue weighted by molar-refractivity contribution is -0.384. The Labute approximate surface area is 281 Å². The minimum Gasteiger partial charge on any atom is -0.452 e. The van der Waals surface area contributed by atoms with Crippen LogP contribution < -0.4 is 15.5 Å². The highest BCUT2D eigenvalue weighted by Crippen LogP contribution is 2.57. The van der Waals surface area contributed by atoms with E-state index in [9.17, 15) is 14.9 Å². The zero-order valence-corrected chi connectivity index (χ0v) is 27.7. The molecular weight excluding hydrogens is 604 g/mol. The van der Waals surface area contributed by atoms with Gasteiger partial charge in [0.15, 0.2) is 0 Å². The van der Waals surface area contributed by atoms with Crippen LogP contribution in [0.25, 0.3) is 0 Å². The largest absolute Gasteiger partial charge is 0.452 e. The molecule has 0 amide bonds. The predicted molar refractivity (Wildman–Crippen MR) is 185 cm³/mol. The molecule has 0 bridgehead atoms. The maximum absolute atomic E-state index is 13.2. The number of esters is 1. The van der Waals surface area contributed by atoms with E-state index in [0.717, 1.165) is 56.0 Å². The van der Waals surface area contributed by atoms with Crippen LogP contribution in [0.15, 0.2) is 79.1 Å². The van der Waals surface area contributed by atoms with E-state index >= 15 is 0 Å². The van der Waals surface area contributed by atoms with Gasteiger partial charge in [-0.2, -0.15) is 0 Å². The molecule has 2 aliphatic heterocycles. The maximum Gasteiger partial charge on any atom is 0.338 e. The Balaban J connectivity index is 1.32. The molecule has 3 aliphatic rings. The number of nitro groups is 1. The first kappa shape index (κ1) is 31.9. The van der Waals surface area contributed by atoms with Crippen molar-refractivity contribution in [3.05, 3.63) is 123 Å². The molecule has 2 N–H and O–H groups in total. The number of piperidine rings is 1. The highest BCUT2D eigenvalue weighted by atomic mass is 16.6. The van der Waals surface area contributed by atoms with E-state index in [1.54, 1.807) is 6.33 Å². The number of aromatic nitrogens is 2. The van der Waals surface area contributed by atoms with Gasteiger partial charge < -0.3 is 20.3 Å². The normalized spacial score (nSPS) is 20.9. The third kappa shape index (κ3) is 5.73. The summed E-state index contributed by atoms with van der Waals surface area (Å²) in [6.45, 7) is 9.21. The number of non-ortho nitro benzene ring substituents is 1. The molecule has 1 aliphatic carbocycles. The number of anilines is 2. The van der Waals surface area contributed by atoms with E-state index < -0.39 is 17.0 Å². The molecule has 1 aromatic heterocycles. The molecule has 3 heterocycles. The van der Waals surface area contributed by atoms with Gasteiger partial charge in [0.25, 0.3) is 5.69 Å². The van der Waals surface area contributed by atoms with Crippen molar-refractivity contribution in [1.29, 1.82) is 0 Å². The van der Waals surface area contributed by atoms with Crippen LogP contribution in [0.2, 0.25) is 0 Å². The Morgan fingerprint density at radius 2 is 1.81 bits per heavy atom. The van der Waals surface area contributed by atoms with E-state index in [0.29, 0.717) is 12.5 Å². The first-order chi connectivity index (χ1) is 23.3. The van der Waals surface area contributed by atoms with Crippen molar-refractivity contribution in [2.75, 3.05) is 18.0 Å². The van der Waals surface area contributed by atoms with Gasteiger partial charge in [-0.05, 0) is 79.6 Å². The second kappa shape index (κ2) is 13.1. The van der Waals surface area contributed by atoms with Gasteiger partial charge in [0.05, 0.1) is 16.2 Å². The number of benzene rings is 3. The highest BCUT2D eigenvalue weighted by molar-refractivity contribution is 5.90. The first-order valence-electron chi connectivity index (χ1n) is 17.0. The fraction of sp³-hybridized carbons (Fsp3) is 0.395. The summed E-state index contributed by atoms with van der Waals surface area (Å²) < 4.78 is 6.05. The lowest BCUT2D eigenvalue weighted by Gasteiger charge is -2.43. The molecule has 7 rings (SSSR count). The Hall–Kier alpha value is -4.67. The topological polar surface area (TPSA) is 123 Å². The van der Waals surface area contributed by atoms with Crippen molar-refractivity contribution in [2.24, 2.45) is 0 Å². The number of carbonyl (C=O) groups is 1. The quantitative estimate of drug-likeness (QED) is 0.117. The van der Waals surface area contributed by atoms with Gasteiger partial charge in [0.2, 0.25) is 0 Å². The molecule has 4 aromatic rings. The van der Waals surface area contributed by atoms with Crippen LogP contribution in [0.3, 0.4) is 0 Å². The summed E-state index contributed by atoms with van der Waals surface area (Å²) >= 11 is 0. The van der Waals surface area contributed by atoms with Crippen molar-refractivity contribution >= 4 is 23.2 Å². The van der Waals surface area contributed by atoms with Crippen LogP contribution in [-0.2, 0) is 23.1 Å². The number of carbonyl (C=O) groups excluding carboxylic acids is 1. The van der Waals surface area contributed by atoms with Crippen LogP contribution in [-0.4, -0.2) is 46.0 Å². The number of hydrogen-bond donors (Lipinski definition) is 2. The van der Waals surface area contributed by atoms with Crippen LogP contribution in [0.4, 0.5) is 17.2 Å². The number of nitrogens with zero attached hydrogens (tertiary/aromatic N) is 4. The molecule has 3 aromatic carbocycles. The summed E-state index contributed by atoms with van der Waals surface area (Å²) in [6.07, 6.45) is 4.53. The number of ether oxygens (including phenoxy) is 1. The van der Waals surface area contributed by atoms with Crippen molar-refractivity contribution in [1.82, 2.24) is 20.6 Å². The van der Waals surface area contributed by atoms with Crippen molar-refractivity contribution in [2.45, 2.75) is 82.5 Å². The fourth-order valence-electron chi connectivity index (χ4n) is 8.14. The van der Waals surface area contributed by atoms with Crippen LogP contribution >= 0.6 is 0 Å². The number of rotatable bonds is 9. The van der Waals surface area contributed by atoms with Gasteiger partial charge in [-0.25, -0.2) is 14.8 Å². The van der Waals surface area contributed by atoms with Gasteiger partial charge in [-0.3, -0.25) is 10.1 Å². The smallest absolute Gasteiger partial charge is 0.338 e. The Morgan fingerprint density at radius 1 is 1.06 bits per heavy atom. The minimum atomic E-state index is -0.552. The molecule has 10 heteroatoms. The highest BCUT2D eigenvalue weighted by Gasteiger charge is 2.54. The molecular formula is C38H42N6O4. The predicted octanol–water partition coefficient (Wildman–Crippen LogP) is 6.67. The average molecular weight is 647 g/mol. The molecule has 1 fully saturated rings. The first-order valence-corrected chi connectivity index (χ1v) is 17.0. The molecule has 248 valence electrons. The molecule has 0 unspecified atom stereocenters. The molecule has 1 saturated heterocycles. The van der Waals surface area contributed by atoms with E-state index in [4.69, 9.17) is 14.7 Å². The minimum absolute atomic E-state index is 0.0436. The number of hydrogen-bond acceptors (Lipinski definition) is 9. The second-order valence-electron chi connectivity index (χ2n) is 13.7. The number of nitrogens with one attached hydrogen (secondary N) is 2. The third-order valence-electron chi connectivity index (χ3n) is 10.4. The second-order valence-corrected chi connectivity index (χ2v) is 13.7. The van der Waals surface area contributed by atoms with Crippen molar-refractivity contribution in [3.63, 3.8) is 0 Å². The number of nitro benzene ring substituents is 1. The number of fused-ring (bicyclic) bond motifs is 3. The van der Waals surface area contributed by atoms with Crippen LogP contribution in [0, 0.1) is 10.1 Å².